The highest BCUT2D eigenvalue weighted by molar-refractivity contribution is 5.73. The Bertz CT molecular complexity index is 690. The lowest BCUT2D eigenvalue weighted by atomic mass is 9.77. The zero-order valence-electron chi connectivity index (χ0n) is 9.47. The molecule has 1 fully saturated rings. The topological polar surface area (TPSA) is 105 Å². The summed E-state index contributed by atoms with van der Waals surface area (Å²) in [5.74, 6) is -0.502. The molecule has 0 saturated carbocycles. The van der Waals surface area contributed by atoms with Crippen LogP contribution in [-0.4, -0.2) is 18.2 Å². The first-order valence-corrected chi connectivity index (χ1v) is 5.52. The quantitative estimate of drug-likeness (QED) is 0.808. The fourth-order valence-corrected chi connectivity index (χ4v) is 2.12. The number of H-pyrrole nitrogens is 1. The lowest BCUT2D eigenvalue weighted by Crippen LogP contribution is -2.49. The maximum atomic E-state index is 11.1. The number of rotatable bonds is 2. The second kappa shape index (κ2) is 3.70. The van der Waals surface area contributed by atoms with Crippen LogP contribution < -0.4 is 11.5 Å². The van der Waals surface area contributed by atoms with Gasteiger partial charge < -0.3 is 14.9 Å². The third-order valence-electron chi connectivity index (χ3n) is 3.34. The molecule has 2 heterocycles. The number of ether oxygens (including phenoxy) is 1. The Labute approximate surface area is 102 Å². The summed E-state index contributed by atoms with van der Waals surface area (Å²) in [6.07, 6.45) is 0. The van der Waals surface area contributed by atoms with Gasteiger partial charge in [-0.15, -0.1) is 0 Å². The predicted molar refractivity (Wildman–Crippen MR) is 62.6 cm³/mol. The maximum Gasteiger partial charge on any atom is 0.417 e. The lowest BCUT2D eigenvalue weighted by Gasteiger charge is -2.39. The van der Waals surface area contributed by atoms with Gasteiger partial charge in [0, 0.05) is 0 Å². The minimum atomic E-state index is -0.669. The summed E-state index contributed by atoms with van der Waals surface area (Å²) in [4.78, 5) is 13.6. The summed E-state index contributed by atoms with van der Waals surface area (Å²) >= 11 is 0. The van der Waals surface area contributed by atoms with Crippen molar-refractivity contribution in [1.29, 1.82) is 5.26 Å². The van der Waals surface area contributed by atoms with Gasteiger partial charge in [-0.3, -0.25) is 4.98 Å². The third-order valence-corrected chi connectivity index (χ3v) is 3.34. The number of benzene rings is 1. The van der Waals surface area contributed by atoms with E-state index >= 15 is 0 Å². The Morgan fingerprint density at radius 3 is 2.89 bits per heavy atom. The van der Waals surface area contributed by atoms with Crippen LogP contribution in [0.5, 0.6) is 0 Å². The molecule has 1 saturated heterocycles. The van der Waals surface area contributed by atoms with Crippen LogP contribution in [0.15, 0.2) is 27.4 Å². The van der Waals surface area contributed by atoms with E-state index in [-0.39, 0.29) is 0 Å². The van der Waals surface area contributed by atoms with Crippen LogP contribution in [0.1, 0.15) is 11.6 Å². The first-order chi connectivity index (χ1) is 8.64. The Balaban J connectivity index is 2.04. The highest BCUT2D eigenvalue weighted by Crippen LogP contribution is 2.38. The number of hydrogen-bond acceptors (Lipinski definition) is 5. The minimum absolute atomic E-state index is 0.338. The molecule has 0 spiro atoms. The third kappa shape index (κ3) is 1.45. The standard InChI is InChI=1S/C12H11N3O3/c13-4-12(5-17-6-12)10(14)7-1-2-9-8(3-7)15-11(16)18-9/h1-3,10H,5-6,14H2,(H,15,16). The highest BCUT2D eigenvalue weighted by atomic mass is 16.5. The molecule has 6 heteroatoms. The van der Waals surface area contributed by atoms with Gasteiger partial charge in [-0.2, -0.15) is 5.26 Å². The fourth-order valence-electron chi connectivity index (χ4n) is 2.12. The average Bonchev–Trinajstić information content (AvgIpc) is 2.67. The van der Waals surface area contributed by atoms with E-state index in [0.29, 0.717) is 24.3 Å². The van der Waals surface area contributed by atoms with E-state index in [1.54, 1.807) is 18.2 Å². The van der Waals surface area contributed by atoms with Gasteiger partial charge >= 0.3 is 5.76 Å². The van der Waals surface area contributed by atoms with E-state index in [4.69, 9.17) is 14.9 Å². The van der Waals surface area contributed by atoms with Crippen molar-refractivity contribution in [3.05, 3.63) is 34.3 Å². The summed E-state index contributed by atoms with van der Waals surface area (Å²) < 4.78 is 10.00. The van der Waals surface area contributed by atoms with Crippen LogP contribution in [0, 0.1) is 16.7 Å². The molecule has 0 bridgehead atoms. The highest BCUT2D eigenvalue weighted by Gasteiger charge is 2.45. The zero-order valence-corrected chi connectivity index (χ0v) is 9.47. The van der Waals surface area contributed by atoms with E-state index in [1.807, 2.05) is 0 Å². The van der Waals surface area contributed by atoms with Crippen molar-refractivity contribution in [2.45, 2.75) is 6.04 Å². The van der Waals surface area contributed by atoms with Crippen molar-refractivity contribution in [1.82, 2.24) is 4.98 Å². The van der Waals surface area contributed by atoms with Gasteiger partial charge in [-0.05, 0) is 17.7 Å². The monoisotopic (exact) mass is 245 g/mol. The Morgan fingerprint density at radius 2 is 2.28 bits per heavy atom. The predicted octanol–water partition coefficient (Wildman–Crippen LogP) is 0.661. The van der Waals surface area contributed by atoms with Gasteiger partial charge in [0.15, 0.2) is 5.58 Å². The van der Waals surface area contributed by atoms with E-state index < -0.39 is 17.2 Å². The molecular weight excluding hydrogens is 234 g/mol. The molecule has 3 rings (SSSR count). The van der Waals surface area contributed by atoms with Gasteiger partial charge in [0.05, 0.1) is 30.8 Å². The molecule has 92 valence electrons. The van der Waals surface area contributed by atoms with Crippen molar-refractivity contribution < 1.29 is 9.15 Å². The van der Waals surface area contributed by atoms with Gasteiger partial charge in [0.1, 0.15) is 5.41 Å². The number of hydrogen-bond donors (Lipinski definition) is 2. The number of nitrogens with zero attached hydrogens (tertiary/aromatic N) is 1. The Kier molecular flexibility index (Phi) is 2.26. The van der Waals surface area contributed by atoms with Gasteiger partial charge in [0.2, 0.25) is 0 Å². The number of aromatic nitrogens is 1. The minimum Gasteiger partial charge on any atom is -0.408 e. The average molecular weight is 245 g/mol. The summed E-state index contributed by atoms with van der Waals surface area (Å²) in [7, 11) is 0. The number of nitrogens with one attached hydrogen (secondary N) is 1. The number of aromatic amines is 1. The van der Waals surface area contributed by atoms with Crippen LogP contribution in [0.25, 0.3) is 11.1 Å². The molecule has 1 aromatic heterocycles. The summed E-state index contributed by atoms with van der Waals surface area (Å²) in [6.45, 7) is 0.676. The van der Waals surface area contributed by atoms with Gasteiger partial charge in [-0.1, -0.05) is 6.07 Å². The first kappa shape index (κ1) is 11.0. The molecule has 1 atom stereocenters. The van der Waals surface area contributed by atoms with Crippen LogP contribution >= 0.6 is 0 Å². The first-order valence-electron chi connectivity index (χ1n) is 5.52. The molecule has 1 unspecified atom stereocenters. The summed E-state index contributed by atoms with van der Waals surface area (Å²) in [5, 5.41) is 9.20. The molecular formula is C12H11N3O3. The van der Waals surface area contributed by atoms with Crippen LogP contribution in [0.4, 0.5) is 0 Å². The molecule has 2 aromatic rings. The van der Waals surface area contributed by atoms with Crippen molar-refractivity contribution >= 4 is 11.1 Å². The van der Waals surface area contributed by atoms with E-state index in [0.717, 1.165) is 5.56 Å². The molecule has 3 N–H and O–H groups in total. The summed E-state index contributed by atoms with van der Waals surface area (Å²) in [6, 6.07) is 6.95. The zero-order chi connectivity index (χ0) is 12.8. The SMILES string of the molecule is N#CC1(C(N)c2ccc3oc(=O)[nH]c3c2)COC1. The van der Waals surface area contributed by atoms with Crippen molar-refractivity contribution in [2.24, 2.45) is 11.1 Å². The molecule has 6 nitrogen and oxygen atoms in total. The normalized spacial score (nSPS) is 19.1. The lowest BCUT2D eigenvalue weighted by molar-refractivity contribution is -0.0910. The summed E-state index contributed by atoms with van der Waals surface area (Å²) in [5.41, 5.74) is 7.29. The Hall–Kier alpha value is -2.10. The number of fused-ring (bicyclic) bond motifs is 1. The molecule has 18 heavy (non-hydrogen) atoms. The largest absolute Gasteiger partial charge is 0.417 e. The molecule has 1 aromatic carbocycles. The van der Waals surface area contributed by atoms with Crippen molar-refractivity contribution in [2.75, 3.05) is 13.2 Å². The fraction of sp³-hybridized carbons (Fsp3) is 0.333. The van der Waals surface area contributed by atoms with E-state index in [1.165, 1.54) is 0 Å². The van der Waals surface area contributed by atoms with Crippen LogP contribution in [0.2, 0.25) is 0 Å². The maximum absolute atomic E-state index is 11.1. The van der Waals surface area contributed by atoms with Gasteiger partial charge in [-0.25, -0.2) is 4.79 Å². The Morgan fingerprint density at radius 1 is 1.50 bits per heavy atom. The van der Waals surface area contributed by atoms with Crippen LogP contribution in [0.3, 0.4) is 0 Å². The second-order valence-corrected chi connectivity index (χ2v) is 4.51. The molecule has 1 aliphatic heterocycles. The smallest absolute Gasteiger partial charge is 0.408 e. The van der Waals surface area contributed by atoms with E-state index in [9.17, 15) is 10.1 Å². The molecule has 0 aliphatic carbocycles. The molecule has 0 amide bonds. The van der Waals surface area contributed by atoms with E-state index in [2.05, 4.69) is 11.1 Å². The van der Waals surface area contributed by atoms with Crippen molar-refractivity contribution in [3.8, 4) is 6.07 Å². The molecule has 1 aliphatic rings. The second-order valence-electron chi connectivity index (χ2n) is 4.51. The number of nitrogens with two attached hydrogens (primary N) is 1. The van der Waals surface area contributed by atoms with Gasteiger partial charge in [0.25, 0.3) is 0 Å². The molecule has 0 radical (unpaired) electrons. The van der Waals surface area contributed by atoms with Crippen molar-refractivity contribution in [3.63, 3.8) is 0 Å². The van der Waals surface area contributed by atoms with Crippen LogP contribution in [-0.2, 0) is 4.74 Å². The number of nitriles is 1. The number of oxazole rings is 1.